The number of pyridine rings is 1. The van der Waals surface area contributed by atoms with E-state index in [9.17, 15) is 4.79 Å². The number of carbonyl (C=O) groups is 1. The number of carbonyl (C=O) groups excluding carboxylic acids is 1. The van der Waals surface area contributed by atoms with E-state index in [-0.39, 0.29) is 34.1 Å². The highest BCUT2D eigenvalue weighted by Crippen LogP contribution is 2.28. The molecule has 0 aromatic carbocycles. The third-order valence-electron chi connectivity index (χ3n) is 2.79. The van der Waals surface area contributed by atoms with Gasteiger partial charge in [0.1, 0.15) is 5.76 Å². The van der Waals surface area contributed by atoms with Gasteiger partial charge in [0.15, 0.2) is 12.5 Å². The number of methoxy groups -OCH3 is 2. The number of rotatable bonds is 7. The van der Waals surface area contributed by atoms with Crippen LogP contribution in [0.25, 0.3) is 0 Å². The molecule has 0 unspecified atom stereocenters. The maximum atomic E-state index is 11.9. The highest BCUT2D eigenvalue weighted by Gasteiger charge is 2.11. The number of anilines is 1. The average molecular weight is 388 g/mol. The van der Waals surface area contributed by atoms with E-state index in [4.69, 9.17) is 37.4 Å². The number of aromatic nitrogens is 1. The number of nitrogens with zero attached hydrogens (tertiary/aromatic N) is 2. The Morgan fingerprint density at radius 2 is 1.92 bits per heavy atom. The van der Waals surface area contributed by atoms with Crippen LogP contribution in [0, 0.1) is 0 Å². The predicted molar refractivity (Wildman–Crippen MR) is 97.8 cm³/mol. The molecule has 7 nitrogen and oxygen atoms in total. The summed E-state index contributed by atoms with van der Waals surface area (Å²) in [6, 6.07) is 0. The molecule has 1 heterocycles. The van der Waals surface area contributed by atoms with Gasteiger partial charge in [-0.15, -0.1) is 0 Å². The Kier molecular flexibility index (Phi) is 8.80. The molecule has 1 aromatic rings. The van der Waals surface area contributed by atoms with Crippen molar-refractivity contribution in [2.75, 3.05) is 26.1 Å². The van der Waals surface area contributed by atoms with Crippen molar-refractivity contribution in [1.29, 1.82) is 0 Å². The van der Waals surface area contributed by atoms with Gasteiger partial charge in [-0.1, -0.05) is 23.2 Å². The van der Waals surface area contributed by atoms with Crippen LogP contribution in [-0.4, -0.2) is 37.6 Å². The summed E-state index contributed by atoms with van der Waals surface area (Å²) < 4.78 is 15.5. The SMILES string of the molecule is CC=C(/C=C(\N=C(C)OCC(=O)Nc1c(Cl)cncc1Cl)OC)OC. The van der Waals surface area contributed by atoms with E-state index < -0.39 is 5.91 Å². The van der Waals surface area contributed by atoms with Gasteiger partial charge in [0.2, 0.25) is 5.88 Å². The second-order valence-electron chi connectivity index (χ2n) is 4.53. The summed E-state index contributed by atoms with van der Waals surface area (Å²) in [5.41, 5.74) is 0.275. The van der Waals surface area contributed by atoms with Crippen LogP contribution < -0.4 is 5.32 Å². The Morgan fingerprint density at radius 1 is 1.28 bits per heavy atom. The van der Waals surface area contributed by atoms with Crippen LogP contribution in [0.4, 0.5) is 5.69 Å². The van der Waals surface area contributed by atoms with Gasteiger partial charge in [-0.25, -0.2) is 0 Å². The average Bonchev–Trinajstić information content (AvgIpc) is 2.60. The highest BCUT2D eigenvalue weighted by atomic mass is 35.5. The summed E-state index contributed by atoms with van der Waals surface area (Å²) in [5, 5.41) is 3.02. The summed E-state index contributed by atoms with van der Waals surface area (Å²) in [5.74, 6) is 0.640. The minimum Gasteiger partial charge on any atom is -0.497 e. The van der Waals surface area contributed by atoms with Crippen LogP contribution in [0.15, 0.2) is 41.2 Å². The first kappa shape index (κ1) is 20.8. The van der Waals surface area contributed by atoms with Gasteiger partial charge >= 0.3 is 0 Å². The van der Waals surface area contributed by atoms with Gasteiger partial charge in [0.25, 0.3) is 5.91 Å². The molecule has 25 heavy (non-hydrogen) atoms. The number of amides is 1. The van der Waals surface area contributed by atoms with E-state index in [0.717, 1.165) is 0 Å². The van der Waals surface area contributed by atoms with Gasteiger partial charge in [-0.3, -0.25) is 9.78 Å². The van der Waals surface area contributed by atoms with Crippen LogP contribution in [-0.2, 0) is 19.0 Å². The topological polar surface area (TPSA) is 82.0 Å². The molecule has 136 valence electrons. The first-order valence-electron chi connectivity index (χ1n) is 7.14. The minimum atomic E-state index is -0.446. The Balaban J connectivity index is 2.68. The summed E-state index contributed by atoms with van der Waals surface area (Å²) in [4.78, 5) is 19.9. The number of allylic oxidation sites excluding steroid dienone is 2. The molecule has 1 N–H and O–H groups in total. The van der Waals surface area contributed by atoms with E-state index in [1.54, 1.807) is 19.1 Å². The number of ether oxygens (including phenoxy) is 3. The second kappa shape index (κ2) is 10.6. The molecule has 0 fully saturated rings. The van der Waals surface area contributed by atoms with E-state index in [1.165, 1.54) is 26.6 Å². The van der Waals surface area contributed by atoms with Crippen LogP contribution >= 0.6 is 23.2 Å². The predicted octanol–water partition coefficient (Wildman–Crippen LogP) is 3.80. The molecule has 1 amide bonds. The first-order chi connectivity index (χ1) is 11.9. The quantitative estimate of drug-likeness (QED) is 0.333. The first-order valence-corrected chi connectivity index (χ1v) is 7.89. The molecular formula is C16H19Cl2N3O4. The van der Waals surface area contributed by atoms with Crippen LogP contribution in [0.5, 0.6) is 0 Å². The van der Waals surface area contributed by atoms with E-state index >= 15 is 0 Å². The molecule has 0 atom stereocenters. The van der Waals surface area contributed by atoms with Crippen molar-refractivity contribution in [3.05, 3.63) is 46.2 Å². The van der Waals surface area contributed by atoms with Crippen molar-refractivity contribution < 1.29 is 19.0 Å². The normalized spacial score (nSPS) is 12.6. The van der Waals surface area contributed by atoms with Gasteiger partial charge in [-0.05, 0) is 13.0 Å². The Morgan fingerprint density at radius 3 is 2.44 bits per heavy atom. The monoisotopic (exact) mass is 387 g/mol. The number of halogens is 2. The Hall–Kier alpha value is -2.25. The van der Waals surface area contributed by atoms with Crippen molar-refractivity contribution in [3.8, 4) is 0 Å². The summed E-state index contributed by atoms with van der Waals surface area (Å²) >= 11 is 11.9. The van der Waals surface area contributed by atoms with Gasteiger partial charge in [-0.2, -0.15) is 4.99 Å². The molecule has 0 aliphatic carbocycles. The lowest BCUT2D eigenvalue weighted by Crippen LogP contribution is -2.20. The third-order valence-corrected chi connectivity index (χ3v) is 3.37. The van der Waals surface area contributed by atoms with Gasteiger partial charge in [0, 0.05) is 25.4 Å². The zero-order valence-corrected chi connectivity index (χ0v) is 15.8. The molecule has 0 aliphatic heterocycles. The fraction of sp³-hybridized carbons (Fsp3) is 0.312. The van der Waals surface area contributed by atoms with Crippen LogP contribution in [0.2, 0.25) is 10.0 Å². The fourth-order valence-corrected chi connectivity index (χ4v) is 2.04. The highest BCUT2D eigenvalue weighted by molar-refractivity contribution is 6.39. The van der Waals surface area contributed by atoms with Crippen molar-refractivity contribution in [1.82, 2.24) is 4.98 Å². The second-order valence-corrected chi connectivity index (χ2v) is 5.34. The summed E-state index contributed by atoms with van der Waals surface area (Å²) in [6.07, 6.45) is 6.09. The summed E-state index contributed by atoms with van der Waals surface area (Å²) in [7, 11) is 3.00. The molecule has 0 spiro atoms. The molecule has 0 saturated heterocycles. The molecule has 0 aliphatic rings. The largest absolute Gasteiger partial charge is 0.497 e. The van der Waals surface area contributed by atoms with Crippen molar-refractivity contribution >= 4 is 40.7 Å². The zero-order valence-electron chi connectivity index (χ0n) is 14.3. The number of hydrogen-bond acceptors (Lipinski definition) is 6. The Labute approximate surface area is 156 Å². The van der Waals surface area contributed by atoms with Gasteiger partial charge < -0.3 is 19.5 Å². The van der Waals surface area contributed by atoms with Crippen molar-refractivity contribution in [3.63, 3.8) is 0 Å². The fourth-order valence-electron chi connectivity index (χ4n) is 1.58. The molecule has 0 bridgehead atoms. The Bertz CT molecular complexity index is 682. The number of aliphatic imine (C=N–C) groups is 1. The lowest BCUT2D eigenvalue weighted by molar-refractivity contribution is -0.118. The maximum Gasteiger partial charge on any atom is 0.262 e. The maximum absolute atomic E-state index is 11.9. The zero-order chi connectivity index (χ0) is 18.8. The smallest absolute Gasteiger partial charge is 0.262 e. The molecule has 0 saturated carbocycles. The van der Waals surface area contributed by atoms with E-state index in [0.29, 0.717) is 5.76 Å². The van der Waals surface area contributed by atoms with Gasteiger partial charge in [0.05, 0.1) is 30.0 Å². The molecule has 0 radical (unpaired) electrons. The lowest BCUT2D eigenvalue weighted by atomic mass is 10.4. The molecule has 1 aromatic heterocycles. The number of hydrogen-bond donors (Lipinski definition) is 1. The van der Waals surface area contributed by atoms with Crippen molar-refractivity contribution in [2.24, 2.45) is 4.99 Å². The molecule has 1 rings (SSSR count). The molecule has 9 heteroatoms. The van der Waals surface area contributed by atoms with Crippen LogP contribution in [0.3, 0.4) is 0 Å². The summed E-state index contributed by atoms with van der Waals surface area (Å²) in [6.45, 7) is 3.13. The molecular weight excluding hydrogens is 369 g/mol. The van der Waals surface area contributed by atoms with E-state index in [2.05, 4.69) is 15.3 Å². The van der Waals surface area contributed by atoms with Crippen LogP contribution in [0.1, 0.15) is 13.8 Å². The number of nitrogens with one attached hydrogen (secondary N) is 1. The van der Waals surface area contributed by atoms with Crippen molar-refractivity contribution in [2.45, 2.75) is 13.8 Å². The lowest BCUT2D eigenvalue weighted by Gasteiger charge is -2.10. The third kappa shape index (κ3) is 7.03. The minimum absolute atomic E-state index is 0.231. The van der Waals surface area contributed by atoms with E-state index in [1.807, 2.05) is 6.92 Å². The standard InChI is InChI=1S/C16H19Cl2N3O4/c1-5-11(23-3)6-15(24-4)20-10(2)25-9-14(22)21-16-12(17)7-19-8-13(16)18/h5-8H,9H2,1-4H3,(H,19,21,22)/b11-5?,15-6+,20-10?.